The summed E-state index contributed by atoms with van der Waals surface area (Å²) in [5.74, 6) is 1.03. The van der Waals surface area contributed by atoms with Crippen LogP contribution in [0.5, 0.6) is 5.75 Å². The van der Waals surface area contributed by atoms with Gasteiger partial charge in [0.1, 0.15) is 5.75 Å². The molecule has 1 atom stereocenters. The van der Waals surface area contributed by atoms with Crippen molar-refractivity contribution >= 4 is 11.6 Å². The van der Waals surface area contributed by atoms with Crippen molar-refractivity contribution in [3.05, 3.63) is 64.2 Å². The van der Waals surface area contributed by atoms with Crippen LogP contribution < -0.4 is 10.1 Å². The molecule has 0 fully saturated rings. The summed E-state index contributed by atoms with van der Waals surface area (Å²) in [6, 6.07) is 14.8. The lowest BCUT2D eigenvalue weighted by Crippen LogP contribution is -2.18. The number of halogens is 1. The van der Waals surface area contributed by atoms with E-state index in [1.807, 2.05) is 25.2 Å². The van der Waals surface area contributed by atoms with Gasteiger partial charge in [0.2, 0.25) is 0 Å². The van der Waals surface area contributed by atoms with E-state index >= 15 is 0 Å². The van der Waals surface area contributed by atoms with Crippen molar-refractivity contribution in [2.75, 3.05) is 13.7 Å². The molecule has 2 aromatic carbocycles. The second kappa shape index (κ2) is 5.86. The Morgan fingerprint density at radius 3 is 2.95 bits per heavy atom. The Balaban J connectivity index is 1.83. The van der Waals surface area contributed by atoms with E-state index in [0.29, 0.717) is 6.04 Å². The van der Waals surface area contributed by atoms with Crippen molar-refractivity contribution < 1.29 is 4.74 Å². The van der Waals surface area contributed by atoms with Gasteiger partial charge in [0.05, 0.1) is 6.61 Å². The molecule has 2 aromatic rings. The zero-order valence-corrected chi connectivity index (χ0v) is 12.3. The third-order valence-corrected chi connectivity index (χ3v) is 4.03. The van der Waals surface area contributed by atoms with Crippen LogP contribution in [-0.4, -0.2) is 13.7 Å². The molecule has 1 unspecified atom stereocenters. The van der Waals surface area contributed by atoms with Crippen molar-refractivity contribution in [1.29, 1.82) is 0 Å². The van der Waals surface area contributed by atoms with E-state index in [4.69, 9.17) is 16.3 Å². The third kappa shape index (κ3) is 2.82. The number of hydrogen-bond donors (Lipinski definition) is 1. The molecule has 0 amide bonds. The van der Waals surface area contributed by atoms with Crippen molar-refractivity contribution in [2.45, 2.75) is 18.9 Å². The lowest BCUT2D eigenvalue weighted by atomic mass is 9.97. The molecule has 0 radical (unpaired) electrons. The number of ether oxygens (including phenoxy) is 1. The van der Waals surface area contributed by atoms with E-state index in [-0.39, 0.29) is 0 Å². The minimum atomic E-state index is 0.291. The Labute approximate surface area is 124 Å². The molecule has 2 nitrogen and oxygen atoms in total. The standard InChI is InChI=1S/C17H18ClNO/c1-19-16(10-12-3-2-4-15(18)9-12)13-5-6-17-14(11-13)7-8-20-17/h2-6,9,11,16,19H,7-8,10H2,1H3. The topological polar surface area (TPSA) is 21.3 Å². The molecule has 0 bridgehead atoms. The molecule has 1 N–H and O–H groups in total. The zero-order chi connectivity index (χ0) is 13.9. The maximum absolute atomic E-state index is 6.06. The summed E-state index contributed by atoms with van der Waals surface area (Å²) in [6.07, 6.45) is 1.94. The van der Waals surface area contributed by atoms with Gasteiger partial charge in [-0.3, -0.25) is 0 Å². The average Bonchev–Trinajstić information content (AvgIpc) is 2.92. The molecule has 3 heteroatoms. The van der Waals surface area contributed by atoms with E-state index in [9.17, 15) is 0 Å². The van der Waals surface area contributed by atoms with Crippen LogP contribution in [0.1, 0.15) is 22.7 Å². The van der Waals surface area contributed by atoms with Gasteiger partial charge in [0.15, 0.2) is 0 Å². The summed E-state index contributed by atoms with van der Waals surface area (Å²) in [7, 11) is 2.00. The van der Waals surface area contributed by atoms with E-state index in [2.05, 4.69) is 29.6 Å². The summed E-state index contributed by atoms with van der Waals surface area (Å²) in [4.78, 5) is 0. The van der Waals surface area contributed by atoms with Crippen LogP contribution in [0.15, 0.2) is 42.5 Å². The molecule has 3 rings (SSSR count). The van der Waals surface area contributed by atoms with Gasteiger partial charge in [-0.15, -0.1) is 0 Å². The van der Waals surface area contributed by atoms with Crippen molar-refractivity contribution in [3.8, 4) is 5.75 Å². The van der Waals surface area contributed by atoms with Crippen molar-refractivity contribution in [3.63, 3.8) is 0 Å². The Kier molecular flexibility index (Phi) is 3.95. The van der Waals surface area contributed by atoms with Crippen LogP contribution in [0.3, 0.4) is 0 Å². The fourth-order valence-corrected chi connectivity index (χ4v) is 2.92. The highest BCUT2D eigenvalue weighted by Gasteiger charge is 2.16. The van der Waals surface area contributed by atoms with Gasteiger partial charge in [-0.05, 0) is 48.4 Å². The summed E-state index contributed by atoms with van der Waals surface area (Å²) >= 11 is 6.06. The number of fused-ring (bicyclic) bond motifs is 1. The zero-order valence-electron chi connectivity index (χ0n) is 11.5. The van der Waals surface area contributed by atoms with Gasteiger partial charge in [-0.1, -0.05) is 35.9 Å². The van der Waals surface area contributed by atoms with Gasteiger partial charge in [0, 0.05) is 17.5 Å². The Hall–Kier alpha value is -1.51. The predicted molar refractivity (Wildman–Crippen MR) is 82.6 cm³/mol. The quantitative estimate of drug-likeness (QED) is 0.924. The highest BCUT2D eigenvalue weighted by Crippen LogP contribution is 2.29. The van der Waals surface area contributed by atoms with Crippen LogP contribution in [-0.2, 0) is 12.8 Å². The first-order chi connectivity index (χ1) is 9.76. The first-order valence-electron chi connectivity index (χ1n) is 6.93. The molecule has 1 heterocycles. The molecular formula is C17H18ClNO. The predicted octanol–water partition coefficient (Wildman–Crippen LogP) is 3.78. The van der Waals surface area contributed by atoms with Gasteiger partial charge in [-0.2, -0.15) is 0 Å². The molecule has 1 aliphatic heterocycles. The van der Waals surface area contributed by atoms with Crippen molar-refractivity contribution in [1.82, 2.24) is 5.32 Å². The fourth-order valence-electron chi connectivity index (χ4n) is 2.71. The molecule has 1 aliphatic rings. The van der Waals surface area contributed by atoms with Crippen molar-refractivity contribution in [2.24, 2.45) is 0 Å². The summed E-state index contributed by atoms with van der Waals surface area (Å²) in [5, 5.41) is 4.18. The third-order valence-electron chi connectivity index (χ3n) is 3.79. The lowest BCUT2D eigenvalue weighted by Gasteiger charge is -2.18. The Bertz CT molecular complexity index is 612. The molecule has 0 spiro atoms. The highest BCUT2D eigenvalue weighted by molar-refractivity contribution is 6.30. The van der Waals surface area contributed by atoms with Gasteiger partial charge < -0.3 is 10.1 Å². The van der Waals surface area contributed by atoms with Crippen LogP contribution in [0.4, 0.5) is 0 Å². The fraction of sp³-hybridized carbons (Fsp3) is 0.294. The van der Waals surface area contributed by atoms with Crippen LogP contribution in [0.25, 0.3) is 0 Å². The highest BCUT2D eigenvalue weighted by atomic mass is 35.5. The minimum Gasteiger partial charge on any atom is -0.493 e. The molecule has 0 saturated heterocycles. The molecular weight excluding hydrogens is 270 g/mol. The van der Waals surface area contributed by atoms with E-state index in [1.165, 1.54) is 16.7 Å². The van der Waals surface area contributed by atoms with Crippen LogP contribution in [0, 0.1) is 0 Å². The van der Waals surface area contributed by atoms with Gasteiger partial charge in [0.25, 0.3) is 0 Å². The molecule has 0 aromatic heterocycles. The van der Waals surface area contributed by atoms with E-state index in [0.717, 1.165) is 30.2 Å². The number of likely N-dealkylation sites (N-methyl/N-ethyl adjacent to an activating group) is 1. The molecule has 104 valence electrons. The number of nitrogens with one attached hydrogen (secondary N) is 1. The monoisotopic (exact) mass is 287 g/mol. The number of rotatable bonds is 4. The Morgan fingerprint density at radius 1 is 1.25 bits per heavy atom. The normalized spacial score (nSPS) is 14.7. The van der Waals surface area contributed by atoms with Crippen LogP contribution in [0.2, 0.25) is 5.02 Å². The van der Waals surface area contributed by atoms with E-state index < -0.39 is 0 Å². The molecule has 0 aliphatic carbocycles. The first kappa shape index (κ1) is 13.5. The number of benzene rings is 2. The summed E-state index contributed by atoms with van der Waals surface area (Å²) in [5.41, 5.74) is 3.86. The summed E-state index contributed by atoms with van der Waals surface area (Å²) < 4.78 is 5.56. The smallest absolute Gasteiger partial charge is 0.122 e. The molecule has 0 saturated carbocycles. The number of hydrogen-bond acceptors (Lipinski definition) is 2. The molecule has 20 heavy (non-hydrogen) atoms. The second-order valence-corrected chi connectivity index (χ2v) is 5.58. The van der Waals surface area contributed by atoms with Gasteiger partial charge >= 0.3 is 0 Å². The lowest BCUT2D eigenvalue weighted by molar-refractivity contribution is 0.356. The second-order valence-electron chi connectivity index (χ2n) is 5.14. The SMILES string of the molecule is CNC(Cc1cccc(Cl)c1)c1ccc2c(c1)CCO2. The maximum atomic E-state index is 6.06. The van der Waals surface area contributed by atoms with Gasteiger partial charge in [-0.25, -0.2) is 0 Å². The minimum absolute atomic E-state index is 0.291. The first-order valence-corrected chi connectivity index (χ1v) is 7.31. The maximum Gasteiger partial charge on any atom is 0.122 e. The van der Waals surface area contributed by atoms with E-state index in [1.54, 1.807) is 0 Å². The largest absolute Gasteiger partial charge is 0.493 e. The summed E-state index contributed by atoms with van der Waals surface area (Å²) in [6.45, 7) is 0.803. The van der Waals surface area contributed by atoms with Crippen LogP contribution >= 0.6 is 11.6 Å². The average molecular weight is 288 g/mol. The Morgan fingerprint density at radius 2 is 2.15 bits per heavy atom.